The number of hydrogen-bond acceptors (Lipinski definition) is 1. The number of aliphatic hydroxyl groups is 1. The fourth-order valence-corrected chi connectivity index (χ4v) is 2.95. The summed E-state index contributed by atoms with van der Waals surface area (Å²) in [7, 11) is 0. The smallest absolute Gasteiger partial charge is 0.129 e. The molecule has 1 N–H and O–H groups in total. The Kier molecular flexibility index (Phi) is 4.76. The highest BCUT2D eigenvalue weighted by Gasteiger charge is 2.33. The monoisotopic (exact) mass is 262 g/mol. The highest BCUT2D eigenvalue weighted by Crippen LogP contribution is 2.38. The van der Waals surface area contributed by atoms with Gasteiger partial charge in [-0.05, 0) is 43.7 Å². The van der Waals surface area contributed by atoms with Gasteiger partial charge in [-0.2, -0.15) is 0 Å². The predicted octanol–water partition coefficient (Wildman–Crippen LogP) is 4.70. The average molecular weight is 262 g/mol. The molecule has 19 heavy (non-hydrogen) atoms. The highest BCUT2D eigenvalue weighted by atomic mass is 19.1. The molecule has 0 spiro atoms. The molecule has 0 saturated carbocycles. The minimum Gasteiger partial charge on any atom is -0.381 e. The molecule has 0 amide bonds. The van der Waals surface area contributed by atoms with Gasteiger partial charge < -0.3 is 5.11 Å². The van der Waals surface area contributed by atoms with Crippen LogP contribution in [-0.2, 0) is 5.60 Å². The summed E-state index contributed by atoms with van der Waals surface area (Å²) in [6.07, 6.45) is 9.23. The molecule has 2 heteroatoms. The van der Waals surface area contributed by atoms with Crippen molar-refractivity contribution in [2.45, 2.75) is 57.5 Å². The van der Waals surface area contributed by atoms with Crippen molar-refractivity contribution in [3.8, 4) is 0 Å². The van der Waals surface area contributed by atoms with E-state index in [4.69, 9.17) is 0 Å². The summed E-state index contributed by atoms with van der Waals surface area (Å²) < 4.78 is 14.0. The molecule has 0 saturated heterocycles. The molecule has 0 aromatic heterocycles. The van der Waals surface area contributed by atoms with E-state index >= 15 is 0 Å². The Hall–Kier alpha value is -1.15. The van der Waals surface area contributed by atoms with E-state index in [9.17, 15) is 9.50 Å². The Bertz CT molecular complexity index is 452. The third kappa shape index (κ3) is 3.06. The SMILES string of the molecule is CCC(O)(/C1=C/CCCCCC1)c1ccccc1F. The molecule has 1 aromatic rings. The van der Waals surface area contributed by atoms with Crippen molar-refractivity contribution in [3.63, 3.8) is 0 Å². The predicted molar refractivity (Wildman–Crippen MR) is 76.4 cm³/mol. The second-order valence-electron chi connectivity index (χ2n) is 5.38. The summed E-state index contributed by atoms with van der Waals surface area (Å²) in [6.45, 7) is 1.92. The molecular formula is C17H23FO. The molecule has 1 aromatic carbocycles. The minimum absolute atomic E-state index is 0.310. The largest absolute Gasteiger partial charge is 0.381 e. The molecule has 0 heterocycles. The Morgan fingerprint density at radius 3 is 2.63 bits per heavy atom. The highest BCUT2D eigenvalue weighted by molar-refractivity contribution is 5.34. The van der Waals surface area contributed by atoms with Crippen molar-refractivity contribution < 1.29 is 9.50 Å². The van der Waals surface area contributed by atoms with E-state index in [0.29, 0.717) is 12.0 Å². The van der Waals surface area contributed by atoms with E-state index in [1.54, 1.807) is 18.2 Å². The first kappa shape index (κ1) is 14.3. The standard InChI is InChI=1S/C17H23FO/c1-2-17(19,15-12-8-9-13-16(15)18)14-10-6-4-3-5-7-11-14/h8-10,12-13,19H,2-7,11H2,1H3/b14-10+. The maximum atomic E-state index is 14.0. The van der Waals surface area contributed by atoms with Gasteiger partial charge in [-0.25, -0.2) is 4.39 Å². The quantitative estimate of drug-likeness (QED) is 0.782. The van der Waals surface area contributed by atoms with Crippen LogP contribution in [0.5, 0.6) is 0 Å². The van der Waals surface area contributed by atoms with Gasteiger partial charge in [-0.1, -0.05) is 44.0 Å². The van der Waals surface area contributed by atoms with Crippen molar-refractivity contribution in [2.75, 3.05) is 0 Å². The molecule has 0 bridgehead atoms. The van der Waals surface area contributed by atoms with E-state index in [0.717, 1.165) is 24.8 Å². The van der Waals surface area contributed by atoms with Gasteiger partial charge in [0.2, 0.25) is 0 Å². The minimum atomic E-state index is -1.14. The lowest BCUT2D eigenvalue weighted by molar-refractivity contribution is 0.0632. The molecule has 0 fully saturated rings. The van der Waals surface area contributed by atoms with Gasteiger partial charge in [0.1, 0.15) is 11.4 Å². The third-order valence-corrected chi connectivity index (χ3v) is 4.15. The van der Waals surface area contributed by atoms with Crippen LogP contribution < -0.4 is 0 Å². The average Bonchev–Trinajstić information content (AvgIpc) is 2.38. The molecule has 1 unspecified atom stereocenters. The van der Waals surface area contributed by atoms with Gasteiger partial charge in [-0.3, -0.25) is 0 Å². The van der Waals surface area contributed by atoms with Crippen LogP contribution in [0.2, 0.25) is 0 Å². The Balaban J connectivity index is 2.38. The first-order valence-electron chi connectivity index (χ1n) is 7.35. The van der Waals surface area contributed by atoms with Crippen LogP contribution >= 0.6 is 0 Å². The van der Waals surface area contributed by atoms with Gasteiger partial charge in [-0.15, -0.1) is 0 Å². The molecule has 1 aliphatic carbocycles. The first-order chi connectivity index (χ1) is 9.18. The van der Waals surface area contributed by atoms with Crippen LogP contribution in [0, 0.1) is 5.82 Å². The van der Waals surface area contributed by atoms with E-state index < -0.39 is 5.60 Å². The zero-order valence-electron chi connectivity index (χ0n) is 11.7. The van der Waals surface area contributed by atoms with Crippen LogP contribution in [-0.4, -0.2) is 5.11 Å². The Morgan fingerprint density at radius 2 is 1.89 bits per heavy atom. The van der Waals surface area contributed by atoms with Gasteiger partial charge in [0, 0.05) is 5.56 Å². The molecule has 2 rings (SSSR count). The van der Waals surface area contributed by atoms with Crippen molar-refractivity contribution in [1.82, 2.24) is 0 Å². The summed E-state index contributed by atoms with van der Waals surface area (Å²) in [5.41, 5.74) is 0.284. The van der Waals surface area contributed by atoms with Crippen molar-refractivity contribution in [1.29, 1.82) is 0 Å². The summed E-state index contributed by atoms with van der Waals surface area (Å²) in [4.78, 5) is 0. The van der Waals surface area contributed by atoms with Crippen LogP contribution in [0.1, 0.15) is 57.4 Å². The maximum absolute atomic E-state index is 14.0. The van der Waals surface area contributed by atoms with Crippen LogP contribution in [0.15, 0.2) is 35.9 Å². The lowest BCUT2D eigenvalue weighted by atomic mass is 9.79. The normalized spacial score (nSPS) is 22.8. The lowest BCUT2D eigenvalue weighted by Gasteiger charge is -2.32. The molecule has 104 valence electrons. The topological polar surface area (TPSA) is 20.2 Å². The fraction of sp³-hybridized carbons (Fsp3) is 0.529. The summed E-state index contributed by atoms with van der Waals surface area (Å²) in [5, 5.41) is 11.0. The third-order valence-electron chi connectivity index (χ3n) is 4.15. The molecule has 0 radical (unpaired) electrons. The molecule has 1 atom stereocenters. The van der Waals surface area contributed by atoms with Gasteiger partial charge in [0.05, 0.1) is 0 Å². The van der Waals surface area contributed by atoms with Crippen molar-refractivity contribution >= 4 is 0 Å². The van der Waals surface area contributed by atoms with Crippen LogP contribution in [0.3, 0.4) is 0 Å². The zero-order chi connectivity index (χ0) is 13.7. The lowest BCUT2D eigenvalue weighted by Crippen LogP contribution is -2.29. The van der Waals surface area contributed by atoms with Gasteiger partial charge >= 0.3 is 0 Å². The summed E-state index contributed by atoms with van der Waals surface area (Å²) >= 11 is 0. The summed E-state index contributed by atoms with van der Waals surface area (Å²) in [5.74, 6) is -0.310. The van der Waals surface area contributed by atoms with Gasteiger partial charge in [0.25, 0.3) is 0 Å². The second-order valence-corrected chi connectivity index (χ2v) is 5.38. The van der Waals surface area contributed by atoms with E-state index in [-0.39, 0.29) is 5.82 Å². The molecule has 1 nitrogen and oxygen atoms in total. The number of benzene rings is 1. The van der Waals surface area contributed by atoms with Gasteiger partial charge in [0.15, 0.2) is 0 Å². The van der Waals surface area contributed by atoms with Crippen LogP contribution in [0.25, 0.3) is 0 Å². The van der Waals surface area contributed by atoms with E-state index in [1.165, 1.54) is 25.3 Å². The number of hydrogen-bond donors (Lipinski definition) is 1. The fourth-order valence-electron chi connectivity index (χ4n) is 2.95. The van der Waals surface area contributed by atoms with Crippen molar-refractivity contribution in [2.24, 2.45) is 0 Å². The molecule has 1 aliphatic rings. The zero-order valence-corrected chi connectivity index (χ0v) is 11.7. The number of rotatable bonds is 3. The molecule has 0 aliphatic heterocycles. The molecular weight excluding hydrogens is 239 g/mol. The van der Waals surface area contributed by atoms with Crippen molar-refractivity contribution in [3.05, 3.63) is 47.3 Å². The second kappa shape index (κ2) is 6.33. The van der Waals surface area contributed by atoms with E-state index in [2.05, 4.69) is 6.08 Å². The Labute approximate surface area is 115 Å². The summed E-state index contributed by atoms with van der Waals surface area (Å²) in [6, 6.07) is 6.60. The Morgan fingerprint density at radius 1 is 1.16 bits per heavy atom. The number of allylic oxidation sites excluding steroid dienone is 1. The van der Waals surface area contributed by atoms with E-state index in [1.807, 2.05) is 6.92 Å². The van der Waals surface area contributed by atoms with Crippen LogP contribution in [0.4, 0.5) is 4.39 Å². The number of halogens is 1. The first-order valence-corrected chi connectivity index (χ1v) is 7.35. The maximum Gasteiger partial charge on any atom is 0.129 e.